The molecule has 0 spiro atoms. The number of aromatic nitrogens is 2. The van der Waals surface area contributed by atoms with E-state index in [1.807, 2.05) is 35.4 Å². The molecule has 0 aliphatic carbocycles. The molecule has 0 radical (unpaired) electrons. The van der Waals surface area contributed by atoms with E-state index in [1.54, 1.807) is 0 Å². The van der Waals surface area contributed by atoms with Crippen molar-refractivity contribution in [1.29, 1.82) is 0 Å². The number of carbonyl (C=O) groups is 1. The lowest BCUT2D eigenvalue weighted by molar-refractivity contribution is 0.181. The van der Waals surface area contributed by atoms with Gasteiger partial charge in [-0.2, -0.15) is 0 Å². The minimum Gasteiger partial charge on any atom is -0.378 e. The number of urea groups is 1. The van der Waals surface area contributed by atoms with Gasteiger partial charge in [-0.15, -0.1) is 0 Å². The second-order valence-electron chi connectivity index (χ2n) is 7.61. The number of fused-ring (bicyclic) bond motifs is 1. The molecule has 3 aromatic rings. The van der Waals surface area contributed by atoms with Crippen LogP contribution in [0.4, 0.5) is 16.2 Å². The van der Waals surface area contributed by atoms with Gasteiger partial charge in [0.05, 0.1) is 17.1 Å². The van der Waals surface area contributed by atoms with Gasteiger partial charge in [-0.1, -0.05) is 18.2 Å². The number of nitrogens with zero attached hydrogens (tertiary/aromatic N) is 3. The predicted molar refractivity (Wildman–Crippen MR) is 113 cm³/mol. The van der Waals surface area contributed by atoms with Gasteiger partial charge in [0.25, 0.3) is 0 Å². The number of imidazole rings is 1. The van der Waals surface area contributed by atoms with Crippen molar-refractivity contribution in [2.75, 3.05) is 23.7 Å². The standard InChI is InChI=1S/C22H27N5O/c1-14-7-5-8-15(2)19(14)12-23-20-11-18(25-22(28)26-9-6-10-26)13-27-17(4)16(3)24-21(20)27/h5,7-8,11,13,23H,6,9-10,12H2,1-4H3,(H,25,28). The molecule has 28 heavy (non-hydrogen) atoms. The molecule has 3 heterocycles. The van der Waals surface area contributed by atoms with Gasteiger partial charge >= 0.3 is 6.03 Å². The van der Waals surface area contributed by atoms with E-state index in [0.29, 0.717) is 6.54 Å². The van der Waals surface area contributed by atoms with Crippen molar-refractivity contribution in [2.45, 2.75) is 40.7 Å². The summed E-state index contributed by atoms with van der Waals surface area (Å²) in [5.41, 5.74) is 8.45. The molecule has 6 heteroatoms. The third kappa shape index (κ3) is 3.30. The van der Waals surface area contributed by atoms with Crippen molar-refractivity contribution in [3.8, 4) is 0 Å². The number of benzene rings is 1. The van der Waals surface area contributed by atoms with Crippen LogP contribution in [0, 0.1) is 27.7 Å². The number of pyridine rings is 1. The summed E-state index contributed by atoms with van der Waals surface area (Å²) in [6.07, 6.45) is 3.03. The smallest absolute Gasteiger partial charge is 0.321 e. The Balaban J connectivity index is 1.67. The number of amides is 2. The summed E-state index contributed by atoms with van der Waals surface area (Å²) in [5.74, 6) is 0. The second-order valence-corrected chi connectivity index (χ2v) is 7.61. The molecule has 2 N–H and O–H groups in total. The maximum absolute atomic E-state index is 12.4. The average molecular weight is 377 g/mol. The summed E-state index contributed by atoms with van der Waals surface area (Å²) < 4.78 is 2.05. The minimum absolute atomic E-state index is 0.0409. The summed E-state index contributed by atoms with van der Waals surface area (Å²) in [4.78, 5) is 18.9. The van der Waals surface area contributed by atoms with E-state index in [2.05, 4.69) is 42.7 Å². The van der Waals surface area contributed by atoms with E-state index in [-0.39, 0.29) is 6.03 Å². The fraction of sp³-hybridized carbons (Fsp3) is 0.364. The Morgan fingerprint density at radius 2 is 1.86 bits per heavy atom. The fourth-order valence-electron chi connectivity index (χ4n) is 3.60. The monoisotopic (exact) mass is 377 g/mol. The van der Waals surface area contributed by atoms with Crippen molar-refractivity contribution in [3.63, 3.8) is 0 Å². The normalized spacial score (nSPS) is 13.5. The summed E-state index contributed by atoms with van der Waals surface area (Å²) in [7, 11) is 0. The van der Waals surface area contributed by atoms with Crippen LogP contribution in [-0.2, 0) is 6.54 Å². The number of rotatable bonds is 4. The third-order valence-electron chi connectivity index (χ3n) is 5.69. The van der Waals surface area contributed by atoms with Gasteiger partial charge in [0.15, 0.2) is 5.65 Å². The van der Waals surface area contributed by atoms with Crippen LogP contribution >= 0.6 is 0 Å². The summed E-state index contributed by atoms with van der Waals surface area (Å²) in [5, 5.41) is 6.58. The van der Waals surface area contributed by atoms with Crippen molar-refractivity contribution in [1.82, 2.24) is 14.3 Å². The van der Waals surface area contributed by atoms with Gasteiger partial charge in [-0.25, -0.2) is 9.78 Å². The molecule has 6 nitrogen and oxygen atoms in total. The predicted octanol–water partition coefficient (Wildman–Crippen LogP) is 4.42. The lowest BCUT2D eigenvalue weighted by Crippen LogP contribution is -2.44. The summed E-state index contributed by atoms with van der Waals surface area (Å²) in [6, 6.07) is 8.28. The topological polar surface area (TPSA) is 61.7 Å². The Bertz CT molecular complexity index is 1030. The zero-order chi connectivity index (χ0) is 19.8. The Hall–Kier alpha value is -3.02. The average Bonchev–Trinajstić information content (AvgIpc) is 2.88. The van der Waals surface area contributed by atoms with Gasteiger partial charge in [-0.05, 0) is 56.9 Å². The number of hydrogen-bond acceptors (Lipinski definition) is 3. The Labute approximate surface area is 165 Å². The van der Waals surface area contributed by atoms with E-state index in [1.165, 1.54) is 16.7 Å². The van der Waals surface area contributed by atoms with Crippen LogP contribution in [0.25, 0.3) is 5.65 Å². The molecule has 146 valence electrons. The maximum atomic E-state index is 12.4. The molecule has 1 aromatic carbocycles. The first-order valence-electron chi connectivity index (χ1n) is 9.78. The molecule has 2 aromatic heterocycles. The van der Waals surface area contributed by atoms with E-state index in [4.69, 9.17) is 4.98 Å². The molecule has 4 rings (SSSR count). The highest BCUT2D eigenvalue weighted by Crippen LogP contribution is 2.26. The molecule has 2 amide bonds. The van der Waals surface area contributed by atoms with Crippen molar-refractivity contribution in [3.05, 3.63) is 58.5 Å². The zero-order valence-electron chi connectivity index (χ0n) is 17.0. The van der Waals surface area contributed by atoms with Gasteiger partial charge in [0.1, 0.15) is 0 Å². The fourth-order valence-corrected chi connectivity index (χ4v) is 3.60. The number of anilines is 2. The highest BCUT2D eigenvalue weighted by molar-refractivity contribution is 5.91. The van der Waals surface area contributed by atoms with Crippen molar-refractivity contribution >= 4 is 23.1 Å². The number of carbonyl (C=O) groups excluding carboxylic acids is 1. The first kappa shape index (κ1) is 18.3. The first-order valence-corrected chi connectivity index (χ1v) is 9.78. The maximum Gasteiger partial charge on any atom is 0.321 e. The molecular formula is C22H27N5O. The molecule has 1 fully saturated rings. The lowest BCUT2D eigenvalue weighted by atomic mass is 10.0. The van der Waals surface area contributed by atoms with Crippen LogP contribution < -0.4 is 10.6 Å². The zero-order valence-corrected chi connectivity index (χ0v) is 17.0. The van der Waals surface area contributed by atoms with Gasteiger partial charge in [0.2, 0.25) is 0 Å². The molecule has 0 atom stereocenters. The van der Waals surface area contributed by atoms with Gasteiger partial charge in [0, 0.05) is 31.5 Å². The quantitative estimate of drug-likeness (QED) is 0.708. The molecule has 0 unspecified atom stereocenters. The van der Waals surface area contributed by atoms with Gasteiger partial charge in [-0.3, -0.25) is 0 Å². The third-order valence-corrected chi connectivity index (χ3v) is 5.69. The number of aryl methyl sites for hydroxylation is 4. The highest BCUT2D eigenvalue weighted by atomic mass is 16.2. The minimum atomic E-state index is -0.0409. The van der Waals surface area contributed by atoms with Gasteiger partial charge < -0.3 is 19.9 Å². The van der Waals surface area contributed by atoms with Crippen LogP contribution in [-0.4, -0.2) is 33.4 Å². The van der Waals surface area contributed by atoms with E-state index < -0.39 is 0 Å². The Morgan fingerprint density at radius 1 is 1.14 bits per heavy atom. The van der Waals surface area contributed by atoms with E-state index >= 15 is 0 Å². The van der Waals surface area contributed by atoms with Crippen LogP contribution in [0.3, 0.4) is 0 Å². The van der Waals surface area contributed by atoms with E-state index in [0.717, 1.165) is 47.9 Å². The molecule has 1 aliphatic rings. The molecule has 0 saturated carbocycles. The molecule has 0 bridgehead atoms. The second kappa shape index (κ2) is 7.19. The SMILES string of the molecule is Cc1cccc(C)c1CNc1cc(NC(=O)N2CCC2)cn2c(C)c(C)nc12. The first-order chi connectivity index (χ1) is 13.4. The van der Waals surface area contributed by atoms with E-state index in [9.17, 15) is 4.79 Å². The number of likely N-dealkylation sites (tertiary alicyclic amines) is 1. The molecule has 1 aliphatic heterocycles. The lowest BCUT2D eigenvalue weighted by Gasteiger charge is -2.30. The number of nitrogens with one attached hydrogen (secondary N) is 2. The van der Waals surface area contributed by atoms with Crippen LogP contribution in [0.5, 0.6) is 0 Å². The number of hydrogen-bond donors (Lipinski definition) is 2. The molecular weight excluding hydrogens is 350 g/mol. The van der Waals surface area contributed by atoms with Crippen molar-refractivity contribution < 1.29 is 4.79 Å². The highest BCUT2D eigenvalue weighted by Gasteiger charge is 2.21. The van der Waals surface area contributed by atoms with Crippen LogP contribution in [0.15, 0.2) is 30.5 Å². The van der Waals surface area contributed by atoms with Crippen LogP contribution in [0.1, 0.15) is 34.5 Å². The Morgan fingerprint density at radius 3 is 2.50 bits per heavy atom. The molecule has 1 saturated heterocycles. The van der Waals surface area contributed by atoms with Crippen molar-refractivity contribution in [2.24, 2.45) is 0 Å². The Kier molecular flexibility index (Phi) is 4.71. The van der Waals surface area contributed by atoms with Crippen LogP contribution in [0.2, 0.25) is 0 Å². The summed E-state index contributed by atoms with van der Waals surface area (Å²) >= 11 is 0. The summed E-state index contributed by atoms with van der Waals surface area (Å²) in [6.45, 7) is 10.7. The largest absolute Gasteiger partial charge is 0.378 e.